The van der Waals surface area contributed by atoms with Crippen LogP contribution in [0.1, 0.15) is 30.2 Å². The topological polar surface area (TPSA) is 83.6 Å². The molecule has 0 radical (unpaired) electrons. The monoisotopic (exact) mass is 395 g/mol. The lowest BCUT2D eigenvalue weighted by molar-refractivity contribution is 0.542. The van der Waals surface area contributed by atoms with E-state index in [1.807, 2.05) is 19.9 Å². The van der Waals surface area contributed by atoms with E-state index in [2.05, 4.69) is 25.3 Å². The zero-order chi connectivity index (χ0) is 19.7. The van der Waals surface area contributed by atoms with Crippen molar-refractivity contribution in [2.45, 2.75) is 26.4 Å². The first-order chi connectivity index (χ1) is 13.5. The minimum absolute atomic E-state index is 0.0352. The predicted molar refractivity (Wildman–Crippen MR) is 108 cm³/mol. The number of fused-ring (bicyclic) bond motifs is 1. The number of nitrogens with one attached hydrogen (secondary N) is 2. The molecule has 0 saturated heterocycles. The van der Waals surface area contributed by atoms with Crippen molar-refractivity contribution in [1.29, 1.82) is 0 Å². The summed E-state index contributed by atoms with van der Waals surface area (Å²) in [5.74, 6) is 0.260. The fraction of sp³-hybridized carbons (Fsp3) is 0.200. The van der Waals surface area contributed by atoms with Gasteiger partial charge in [0.15, 0.2) is 0 Å². The molecule has 1 unspecified atom stereocenters. The van der Waals surface area contributed by atoms with Crippen LogP contribution in [0.15, 0.2) is 47.5 Å². The molecule has 0 spiro atoms. The average molecular weight is 395 g/mol. The molecule has 4 aromatic rings. The number of rotatable bonds is 5. The highest BCUT2D eigenvalue weighted by Crippen LogP contribution is 2.30. The fourth-order valence-corrected chi connectivity index (χ4v) is 4.02. The normalized spacial score (nSPS) is 12.4. The minimum atomic E-state index is -0.290. The maximum absolute atomic E-state index is 13.1. The second-order valence-corrected chi connectivity index (χ2v) is 7.53. The summed E-state index contributed by atoms with van der Waals surface area (Å²) in [4.78, 5) is 29.4. The van der Waals surface area contributed by atoms with Gasteiger partial charge in [0.2, 0.25) is 0 Å². The van der Waals surface area contributed by atoms with Crippen molar-refractivity contribution in [3.05, 3.63) is 76.1 Å². The Hall–Kier alpha value is -2.97. The summed E-state index contributed by atoms with van der Waals surface area (Å²) in [5, 5.41) is 3.32. The number of thiophene rings is 1. The molecule has 142 valence electrons. The molecule has 0 fully saturated rings. The summed E-state index contributed by atoms with van der Waals surface area (Å²) < 4.78 is 13.7. The van der Waals surface area contributed by atoms with Gasteiger partial charge in [0.05, 0.1) is 23.4 Å². The molecule has 2 N–H and O–H groups in total. The van der Waals surface area contributed by atoms with E-state index < -0.39 is 0 Å². The third-order valence-corrected chi connectivity index (χ3v) is 5.64. The summed E-state index contributed by atoms with van der Waals surface area (Å²) in [6.07, 6.45) is 3.32. The quantitative estimate of drug-likeness (QED) is 0.538. The van der Waals surface area contributed by atoms with Gasteiger partial charge < -0.3 is 10.3 Å². The fourth-order valence-electron chi connectivity index (χ4n) is 3.02. The lowest BCUT2D eigenvalue weighted by Gasteiger charge is -2.14. The Labute approximate surface area is 164 Å². The van der Waals surface area contributed by atoms with Crippen molar-refractivity contribution < 1.29 is 4.39 Å². The Morgan fingerprint density at radius 3 is 2.71 bits per heavy atom. The van der Waals surface area contributed by atoms with Crippen molar-refractivity contribution in [1.82, 2.24) is 25.3 Å². The van der Waals surface area contributed by atoms with E-state index in [1.165, 1.54) is 23.5 Å². The smallest absolute Gasteiger partial charge is 0.268 e. The third-order valence-electron chi connectivity index (χ3n) is 4.47. The molecular formula is C20H18FN5OS. The van der Waals surface area contributed by atoms with E-state index in [9.17, 15) is 9.18 Å². The van der Waals surface area contributed by atoms with E-state index in [-0.39, 0.29) is 17.4 Å². The second kappa shape index (κ2) is 7.57. The minimum Gasteiger partial charge on any atom is -0.308 e. The van der Waals surface area contributed by atoms with E-state index in [0.717, 1.165) is 21.8 Å². The molecule has 1 atom stereocenters. The number of aryl methyl sites for hydroxylation is 1. The molecule has 8 heteroatoms. The Balaban J connectivity index is 1.58. The Kier molecular flexibility index (Phi) is 4.97. The molecule has 4 rings (SSSR count). The van der Waals surface area contributed by atoms with Crippen LogP contribution < -0.4 is 10.9 Å². The first-order valence-electron chi connectivity index (χ1n) is 8.81. The van der Waals surface area contributed by atoms with Gasteiger partial charge in [0.25, 0.3) is 5.56 Å². The standard InChI is InChI=1S/C20H18FN5OS/c1-11-18(23-8-7-22-11)12(2)24-10-17-25-15-9-16(28-19(15)20(27)26-17)13-3-5-14(21)6-4-13/h3-9,12,24H,10H2,1-2H3,(H,25,26,27). The van der Waals surface area contributed by atoms with Crippen molar-refractivity contribution in [2.24, 2.45) is 0 Å². The lowest BCUT2D eigenvalue weighted by atomic mass is 10.2. The predicted octanol–water partition coefficient (Wildman–Crippen LogP) is 3.74. The van der Waals surface area contributed by atoms with Gasteiger partial charge in [0.1, 0.15) is 16.3 Å². The van der Waals surface area contributed by atoms with Crippen LogP contribution in [0.5, 0.6) is 0 Å². The molecule has 1 aromatic carbocycles. The van der Waals surface area contributed by atoms with Crippen LogP contribution in [0.2, 0.25) is 0 Å². The molecule has 0 aliphatic heterocycles. The van der Waals surface area contributed by atoms with Gasteiger partial charge in [-0.3, -0.25) is 14.8 Å². The van der Waals surface area contributed by atoms with Crippen molar-refractivity contribution in [2.75, 3.05) is 0 Å². The summed E-state index contributed by atoms with van der Waals surface area (Å²) in [6, 6.07) is 8.03. The maximum Gasteiger partial charge on any atom is 0.268 e. The molecule has 0 saturated carbocycles. The summed E-state index contributed by atoms with van der Waals surface area (Å²) in [7, 11) is 0. The highest BCUT2D eigenvalue weighted by Gasteiger charge is 2.13. The zero-order valence-electron chi connectivity index (χ0n) is 15.4. The Morgan fingerprint density at radius 2 is 1.96 bits per heavy atom. The molecule has 0 aliphatic carbocycles. The van der Waals surface area contributed by atoms with E-state index >= 15 is 0 Å². The number of nitrogens with zero attached hydrogens (tertiary/aromatic N) is 3. The van der Waals surface area contributed by atoms with Gasteiger partial charge in [0, 0.05) is 23.3 Å². The Morgan fingerprint density at radius 1 is 1.21 bits per heavy atom. The molecule has 0 amide bonds. The van der Waals surface area contributed by atoms with Crippen LogP contribution in [0.4, 0.5) is 4.39 Å². The third kappa shape index (κ3) is 3.69. The van der Waals surface area contributed by atoms with Gasteiger partial charge in [-0.25, -0.2) is 9.37 Å². The largest absolute Gasteiger partial charge is 0.308 e. The highest BCUT2D eigenvalue weighted by molar-refractivity contribution is 7.22. The highest BCUT2D eigenvalue weighted by atomic mass is 32.1. The van der Waals surface area contributed by atoms with Gasteiger partial charge >= 0.3 is 0 Å². The maximum atomic E-state index is 13.1. The van der Waals surface area contributed by atoms with Crippen LogP contribution in [0.3, 0.4) is 0 Å². The molecule has 3 aromatic heterocycles. The number of benzene rings is 1. The SMILES string of the molecule is Cc1nccnc1C(C)NCc1nc2cc(-c3ccc(F)cc3)sc2c(=O)[nH]1. The summed E-state index contributed by atoms with van der Waals surface area (Å²) in [6.45, 7) is 4.30. The molecule has 0 aliphatic rings. The molecule has 28 heavy (non-hydrogen) atoms. The summed E-state index contributed by atoms with van der Waals surface area (Å²) in [5.41, 5.74) is 3.04. The van der Waals surface area contributed by atoms with Gasteiger partial charge in [-0.1, -0.05) is 12.1 Å². The number of halogens is 1. The molecule has 0 bridgehead atoms. The van der Waals surface area contributed by atoms with Crippen LogP contribution in [0.25, 0.3) is 20.7 Å². The van der Waals surface area contributed by atoms with Crippen LogP contribution >= 0.6 is 11.3 Å². The van der Waals surface area contributed by atoms with Crippen molar-refractivity contribution in [3.8, 4) is 10.4 Å². The zero-order valence-corrected chi connectivity index (χ0v) is 16.2. The Bertz CT molecular complexity index is 1190. The van der Waals surface area contributed by atoms with E-state index in [1.54, 1.807) is 24.5 Å². The molecule has 3 heterocycles. The lowest BCUT2D eigenvalue weighted by Crippen LogP contribution is -2.23. The first kappa shape index (κ1) is 18.4. The second-order valence-electron chi connectivity index (χ2n) is 6.47. The molecular weight excluding hydrogens is 377 g/mol. The molecule has 6 nitrogen and oxygen atoms in total. The number of H-pyrrole nitrogens is 1. The van der Waals surface area contributed by atoms with Crippen LogP contribution in [-0.4, -0.2) is 19.9 Å². The number of aromatic amines is 1. The van der Waals surface area contributed by atoms with Crippen molar-refractivity contribution in [3.63, 3.8) is 0 Å². The number of hydrogen-bond donors (Lipinski definition) is 2. The van der Waals surface area contributed by atoms with Gasteiger partial charge in [-0.15, -0.1) is 11.3 Å². The first-order valence-corrected chi connectivity index (χ1v) is 9.62. The van der Waals surface area contributed by atoms with Crippen LogP contribution in [0, 0.1) is 12.7 Å². The number of aromatic nitrogens is 4. The van der Waals surface area contributed by atoms with Gasteiger partial charge in [-0.2, -0.15) is 0 Å². The van der Waals surface area contributed by atoms with E-state index in [0.29, 0.717) is 22.6 Å². The van der Waals surface area contributed by atoms with Gasteiger partial charge in [-0.05, 0) is 37.6 Å². The van der Waals surface area contributed by atoms with Crippen LogP contribution in [-0.2, 0) is 6.54 Å². The summed E-state index contributed by atoms with van der Waals surface area (Å²) >= 11 is 1.35. The number of hydrogen-bond acceptors (Lipinski definition) is 6. The van der Waals surface area contributed by atoms with E-state index in [4.69, 9.17) is 0 Å². The van der Waals surface area contributed by atoms with Crippen molar-refractivity contribution >= 4 is 21.6 Å². The average Bonchev–Trinajstić information content (AvgIpc) is 3.12.